The van der Waals surface area contributed by atoms with Crippen molar-refractivity contribution in [1.29, 1.82) is 5.26 Å². The van der Waals surface area contributed by atoms with Crippen molar-refractivity contribution in [3.8, 4) is 107 Å². The molecule has 0 saturated carbocycles. The Morgan fingerprint density at radius 1 is 0.291 bits per heavy atom. The second-order valence-electron chi connectivity index (χ2n) is 21.4. The van der Waals surface area contributed by atoms with E-state index in [1.54, 1.807) is 18.2 Å². The summed E-state index contributed by atoms with van der Waals surface area (Å²) in [5.74, 6) is 0.554. The summed E-state index contributed by atoms with van der Waals surface area (Å²) >= 11 is 0. The zero-order chi connectivity index (χ0) is 57.9. The lowest BCUT2D eigenvalue weighted by molar-refractivity contribution is -0.137. The first-order valence-corrected chi connectivity index (χ1v) is 28.3. The van der Waals surface area contributed by atoms with E-state index in [2.05, 4.69) is 126 Å². The first-order chi connectivity index (χ1) is 42.2. The molecule has 0 atom stereocenters. The van der Waals surface area contributed by atoms with E-state index >= 15 is 13.2 Å². The zero-order valence-electron chi connectivity index (χ0n) is 46.0. The number of hydrogen-bond donors (Lipinski definition) is 0. The molecule has 9 heteroatoms. The minimum absolute atomic E-state index is 0.0451. The summed E-state index contributed by atoms with van der Waals surface area (Å²) in [4.78, 5) is 15.9. The molecule has 0 spiro atoms. The summed E-state index contributed by atoms with van der Waals surface area (Å²) < 4.78 is 50.6. The number of alkyl halides is 3. The van der Waals surface area contributed by atoms with Crippen molar-refractivity contribution in [2.75, 3.05) is 0 Å². The Labute approximate surface area is 493 Å². The Kier molecular flexibility index (Phi) is 12.6. The average Bonchev–Trinajstić information content (AvgIpc) is 2.07. The second kappa shape index (κ2) is 21.1. The maximum Gasteiger partial charge on any atom is 0.416 e. The molecule has 12 aromatic carbocycles. The second-order valence-corrected chi connectivity index (χ2v) is 21.4. The third-order valence-corrected chi connectivity index (χ3v) is 16.3. The van der Waals surface area contributed by atoms with E-state index in [-0.39, 0.29) is 23.0 Å². The van der Waals surface area contributed by atoms with Gasteiger partial charge in [0.05, 0.1) is 50.6 Å². The third-order valence-electron chi connectivity index (χ3n) is 16.3. The molecule has 3 aromatic heterocycles. The summed E-state index contributed by atoms with van der Waals surface area (Å²) in [5.41, 5.74) is 15.7. The molecule has 0 amide bonds. The molecule has 3 heterocycles. The Hall–Kier alpha value is -11.5. The summed E-state index contributed by atoms with van der Waals surface area (Å²) in [6.45, 7) is 0. The molecule has 86 heavy (non-hydrogen) atoms. The monoisotopic (exact) mass is 1110 g/mol. The number of fused-ring (bicyclic) bond motifs is 6. The van der Waals surface area contributed by atoms with Crippen LogP contribution in [0.4, 0.5) is 13.2 Å². The minimum atomic E-state index is -4.72. The van der Waals surface area contributed by atoms with Crippen LogP contribution in [-0.4, -0.2) is 24.1 Å². The number of aromatic nitrogens is 5. The molecular weight excluding hydrogens is 1070 g/mol. The number of nitriles is 1. The number of rotatable bonds is 10. The summed E-state index contributed by atoms with van der Waals surface area (Å²) in [7, 11) is 0. The van der Waals surface area contributed by atoms with E-state index in [0.29, 0.717) is 22.4 Å². The zero-order valence-corrected chi connectivity index (χ0v) is 46.0. The van der Waals surface area contributed by atoms with Crippen LogP contribution in [0.2, 0.25) is 0 Å². The van der Waals surface area contributed by atoms with E-state index < -0.39 is 11.7 Å². The van der Waals surface area contributed by atoms with Crippen molar-refractivity contribution >= 4 is 43.6 Å². The van der Waals surface area contributed by atoms with Crippen LogP contribution in [0.25, 0.3) is 145 Å². The van der Waals surface area contributed by atoms with Gasteiger partial charge in [-0.25, -0.2) is 15.0 Å². The van der Waals surface area contributed by atoms with Crippen molar-refractivity contribution < 1.29 is 13.2 Å². The highest BCUT2D eigenvalue weighted by molar-refractivity contribution is 6.13. The van der Waals surface area contributed by atoms with Gasteiger partial charge in [0.25, 0.3) is 0 Å². The molecule has 0 aliphatic carbocycles. The van der Waals surface area contributed by atoms with Crippen molar-refractivity contribution in [2.45, 2.75) is 6.18 Å². The molecule has 0 bridgehead atoms. The Morgan fingerprint density at radius 2 is 0.593 bits per heavy atom. The highest BCUT2D eigenvalue weighted by Crippen LogP contribution is 2.44. The van der Waals surface area contributed by atoms with Crippen LogP contribution in [0.3, 0.4) is 0 Å². The Balaban J connectivity index is 1.01. The number of halogens is 3. The molecule has 0 radical (unpaired) electrons. The van der Waals surface area contributed by atoms with E-state index in [1.807, 2.05) is 144 Å². The third kappa shape index (κ3) is 9.23. The molecule has 0 N–H and O–H groups in total. The van der Waals surface area contributed by atoms with Gasteiger partial charge >= 0.3 is 6.18 Å². The van der Waals surface area contributed by atoms with Crippen LogP contribution in [0.5, 0.6) is 0 Å². The Morgan fingerprint density at radius 3 is 0.965 bits per heavy atom. The number of hydrogen-bond acceptors (Lipinski definition) is 4. The predicted molar refractivity (Wildman–Crippen MR) is 342 cm³/mol. The van der Waals surface area contributed by atoms with Gasteiger partial charge in [-0.1, -0.05) is 194 Å². The number of nitrogens with zero attached hydrogens (tertiary/aromatic N) is 6. The predicted octanol–water partition coefficient (Wildman–Crippen LogP) is 20.3. The lowest BCUT2D eigenvalue weighted by atomic mass is 9.99. The van der Waals surface area contributed by atoms with Crippen molar-refractivity contribution in [1.82, 2.24) is 24.1 Å². The topological polar surface area (TPSA) is 72.3 Å². The van der Waals surface area contributed by atoms with Crippen LogP contribution in [0.15, 0.2) is 285 Å². The lowest BCUT2D eigenvalue weighted by Crippen LogP contribution is -2.09. The van der Waals surface area contributed by atoms with Crippen molar-refractivity contribution in [2.24, 2.45) is 0 Å². The van der Waals surface area contributed by atoms with Gasteiger partial charge in [0, 0.05) is 38.2 Å². The van der Waals surface area contributed by atoms with Crippen LogP contribution in [0, 0.1) is 11.3 Å². The minimum Gasteiger partial charge on any atom is -0.309 e. The summed E-state index contributed by atoms with van der Waals surface area (Å²) in [6, 6.07) is 95.7. The van der Waals surface area contributed by atoms with E-state index in [0.717, 1.165) is 111 Å². The fourth-order valence-corrected chi connectivity index (χ4v) is 12.1. The molecular formula is C77H47F3N6. The van der Waals surface area contributed by atoms with Crippen LogP contribution < -0.4 is 0 Å². The SMILES string of the molecule is N#Cc1ccc(-c2ccc(-n3c4ccc(-c5ccccc5)cc4c4cc(-c5ccccc5)ccc43)c(-c3nc(-c4ccccc4)nc(-c4cc(C(F)(F)F)ccc4-n4c5ccc(-c6ccccc6)cc5c5cc(-c6ccccc6)ccc54)n3)c2)cc1. The van der Waals surface area contributed by atoms with Gasteiger partial charge in [0.15, 0.2) is 17.5 Å². The maximum absolute atomic E-state index is 15.4. The van der Waals surface area contributed by atoms with Gasteiger partial charge < -0.3 is 9.13 Å². The first-order valence-electron chi connectivity index (χ1n) is 28.3. The number of benzene rings is 12. The molecule has 0 unspecified atom stereocenters. The normalized spacial score (nSPS) is 11.7. The fourth-order valence-electron chi connectivity index (χ4n) is 12.1. The molecule has 0 aliphatic rings. The summed E-state index contributed by atoms with van der Waals surface area (Å²) in [6.07, 6.45) is -4.72. The van der Waals surface area contributed by atoms with Crippen LogP contribution >= 0.6 is 0 Å². The lowest BCUT2D eigenvalue weighted by Gasteiger charge is -2.18. The largest absolute Gasteiger partial charge is 0.416 e. The molecule has 0 aliphatic heterocycles. The smallest absolute Gasteiger partial charge is 0.309 e. The van der Waals surface area contributed by atoms with E-state index in [9.17, 15) is 5.26 Å². The fraction of sp³-hybridized carbons (Fsp3) is 0.0130. The van der Waals surface area contributed by atoms with Gasteiger partial charge in [-0.15, -0.1) is 0 Å². The summed E-state index contributed by atoms with van der Waals surface area (Å²) in [5, 5.41) is 13.7. The molecule has 0 saturated heterocycles. The first kappa shape index (κ1) is 51.4. The highest BCUT2D eigenvalue weighted by Gasteiger charge is 2.33. The van der Waals surface area contributed by atoms with Gasteiger partial charge in [-0.05, 0) is 147 Å². The van der Waals surface area contributed by atoms with Gasteiger partial charge in [-0.2, -0.15) is 18.4 Å². The highest BCUT2D eigenvalue weighted by atomic mass is 19.4. The van der Waals surface area contributed by atoms with Gasteiger partial charge in [0.2, 0.25) is 0 Å². The molecule has 406 valence electrons. The van der Waals surface area contributed by atoms with Crippen LogP contribution in [0.1, 0.15) is 11.1 Å². The van der Waals surface area contributed by atoms with E-state index in [4.69, 9.17) is 15.0 Å². The molecule has 15 aromatic rings. The molecule has 15 rings (SSSR count). The molecule has 0 fully saturated rings. The Bertz CT molecular complexity index is 4940. The van der Waals surface area contributed by atoms with E-state index in [1.165, 1.54) is 6.07 Å². The standard InChI is InChI=1S/C77H47F3N6/c78-77(79,80)61-35-41-73(86-70-38-32-58(52-20-10-3-11-21-52)44-64(70)65-45-59(33-39-71(65)86)53-22-12-4-13-23-53)67(47-61)76-83-74(55-24-14-5-15-25-55)82-75(84-76)66-46-60(54-28-26-49(48-81)27-29-54)34-40-72(66)85-68-36-30-56(50-16-6-1-7-17-50)42-62(68)63-43-57(31-37-69(63)85)51-18-8-2-9-19-51/h1-47H. The van der Waals surface area contributed by atoms with Gasteiger partial charge in [0.1, 0.15) is 0 Å². The van der Waals surface area contributed by atoms with Crippen molar-refractivity contribution in [3.05, 3.63) is 296 Å². The van der Waals surface area contributed by atoms with Gasteiger partial charge in [-0.3, -0.25) is 0 Å². The average molecular weight is 1110 g/mol. The van der Waals surface area contributed by atoms with Crippen LogP contribution in [-0.2, 0) is 6.18 Å². The molecule has 6 nitrogen and oxygen atoms in total. The quantitative estimate of drug-likeness (QED) is 0.137. The van der Waals surface area contributed by atoms with Crippen molar-refractivity contribution in [3.63, 3.8) is 0 Å². The maximum atomic E-state index is 15.4.